The molecular weight excluding hydrogens is 280 g/mol. The Labute approximate surface area is 119 Å². The van der Waals surface area contributed by atoms with Crippen LogP contribution in [0, 0.1) is 6.92 Å². The molecule has 3 N–H and O–H groups in total. The van der Waals surface area contributed by atoms with Crippen molar-refractivity contribution in [1.29, 1.82) is 0 Å². The molecule has 1 aliphatic carbocycles. The van der Waals surface area contributed by atoms with Gasteiger partial charge >= 0.3 is 0 Å². The second kappa shape index (κ2) is 5.73. The molecule has 0 saturated heterocycles. The molecule has 1 aromatic carbocycles. The summed E-state index contributed by atoms with van der Waals surface area (Å²) in [6.07, 6.45) is 4.96. The molecule has 0 aromatic heterocycles. The highest BCUT2D eigenvalue weighted by molar-refractivity contribution is 7.99. The third kappa shape index (κ3) is 3.43. The Morgan fingerprint density at radius 2 is 2.11 bits per heavy atom. The summed E-state index contributed by atoms with van der Waals surface area (Å²) in [5.41, 5.74) is 7.17. The summed E-state index contributed by atoms with van der Waals surface area (Å²) in [5, 5.41) is 0.566. The molecule has 0 aliphatic heterocycles. The molecule has 2 atom stereocenters. The number of hydrogen-bond acceptors (Lipinski definition) is 4. The van der Waals surface area contributed by atoms with Gasteiger partial charge in [0.05, 0.1) is 4.90 Å². The van der Waals surface area contributed by atoms with E-state index in [1.807, 2.05) is 18.7 Å². The van der Waals surface area contributed by atoms with Crippen LogP contribution in [-0.2, 0) is 10.0 Å². The summed E-state index contributed by atoms with van der Waals surface area (Å²) in [4.78, 5) is 0.253. The molecule has 0 heterocycles. The minimum atomic E-state index is -3.45. The van der Waals surface area contributed by atoms with Crippen LogP contribution in [-0.4, -0.2) is 26.0 Å². The largest absolute Gasteiger partial charge is 0.398 e. The monoisotopic (exact) mass is 300 g/mol. The topological polar surface area (TPSA) is 72.2 Å². The van der Waals surface area contributed by atoms with Crippen molar-refractivity contribution in [2.75, 3.05) is 12.0 Å². The van der Waals surface area contributed by atoms with Crippen molar-refractivity contribution in [3.63, 3.8) is 0 Å². The first kappa shape index (κ1) is 14.7. The zero-order valence-corrected chi connectivity index (χ0v) is 12.9. The highest BCUT2D eigenvalue weighted by Gasteiger charge is 2.28. The van der Waals surface area contributed by atoms with Gasteiger partial charge in [-0.1, -0.05) is 6.07 Å². The normalized spacial score (nSPS) is 23.7. The van der Waals surface area contributed by atoms with Gasteiger partial charge in [0.1, 0.15) is 0 Å². The zero-order valence-electron chi connectivity index (χ0n) is 11.2. The molecule has 6 heteroatoms. The van der Waals surface area contributed by atoms with Crippen molar-refractivity contribution >= 4 is 27.5 Å². The number of anilines is 1. The van der Waals surface area contributed by atoms with E-state index < -0.39 is 10.0 Å². The van der Waals surface area contributed by atoms with Gasteiger partial charge in [-0.3, -0.25) is 0 Å². The number of nitrogens with two attached hydrogens (primary N) is 1. The predicted octanol–water partition coefficient (Wildman–Crippen LogP) is 2.14. The summed E-state index contributed by atoms with van der Waals surface area (Å²) in [7, 11) is -3.45. The third-order valence-electron chi connectivity index (χ3n) is 3.60. The number of sulfonamides is 1. The quantitative estimate of drug-likeness (QED) is 0.836. The molecule has 1 aliphatic rings. The van der Waals surface area contributed by atoms with Crippen molar-refractivity contribution in [1.82, 2.24) is 4.72 Å². The number of rotatable bonds is 4. The van der Waals surface area contributed by atoms with Gasteiger partial charge in [-0.2, -0.15) is 11.8 Å². The number of benzene rings is 1. The standard InChI is InChI=1S/C13H20N2O2S2/c1-9-3-6-12(8-13(9)14)19(16,17)15-10-4-5-11(7-10)18-2/h3,6,8,10-11,15H,4-5,7,14H2,1-2H3. The maximum absolute atomic E-state index is 12.3. The van der Waals surface area contributed by atoms with Gasteiger partial charge in [0, 0.05) is 17.0 Å². The van der Waals surface area contributed by atoms with Gasteiger partial charge < -0.3 is 5.73 Å². The van der Waals surface area contributed by atoms with Crippen LogP contribution < -0.4 is 10.5 Å². The van der Waals surface area contributed by atoms with E-state index in [9.17, 15) is 8.42 Å². The lowest BCUT2D eigenvalue weighted by Gasteiger charge is -2.14. The van der Waals surface area contributed by atoms with Gasteiger partial charge in [0.25, 0.3) is 0 Å². The van der Waals surface area contributed by atoms with Gasteiger partial charge in [-0.25, -0.2) is 13.1 Å². The second-order valence-electron chi connectivity index (χ2n) is 5.01. The molecule has 1 saturated carbocycles. The maximum atomic E-state index is 12.3. The fraction of sp³-hybridized carbons (Fsp3) is 0.538. The average molecular weight is 300 g/mol. The number of thioether (sulfide) groups is 1. The third-order valence-corrected chi connectivity index (χ3v) is 6.21. The first-order chi connectivity index (χ1) is 8.92. The van der Waals surface area contributed by atoms with Gasteiger partial charge in [0.2, 0.25) is 10.0 Å². The van der Waals surface area contributed by atoms with Crippen molar-refractivity contribution in [2.24, 2.45) is 0 Å². The van der Waals surface area contributed by atoms with Gasteiger partial charge in [-0.15, -0.1) is 0 Å². The van der Waals surface area contributed by atoms with Gasteiger partial charge in [0.15, 0.2) is 0 Å². The molecular formula is C13H20N2O2S2. The lowest BCUT2D eigenvalue weighted by atomic mass is 10.2. The van der Waals surface area contributed by atoms with E-state index in [0.29, 0.717) is 10.9 Å². The molecule has 1 fully saturated rings. The molecule has 4 nitrogen and oxygen atoms in total. The smallest absolute Gasteiger partial charge is 0.240 e. The predicted molar refractivity (Wildman–Crippen MR) is 80.9 cm³/mol. The summed E-state index contributed by atoms with van der Waals surface area (Å²) >= 11 is 1.81. The Hall–Kier alpha value is -0.720. The van der Waals surface area contributed by atoms with E-state index in [1.165, 1.54) is 6.07 Å². The van der Waals surface area contributed by atoms with Crippen molar-refractivity contribution in [3.05, 3.63) is 23.8 Å². The number of nitrogen functional groups attached to an aromatic ring is 1. The SMILES string of the molecule is CSC1CCC(NS(=O)(=O)c2ccc(C)c(N)c2)C1. The van der Waals surface area contributed by atoms with Crippen molar-refractivity contribution in [2.45, 2.75) is 42.4 Å². The molecule has 0 bridgehead atoms. The van der Waals surface area contributed by atoms with Crippen LogP contribution in [0.3, 0.4) is 0 Å². The molecule has 19 heavy (non-hydrogen) atoms. The maximum Gasteiger partial charge on any atom is 0.240 e. The second-order valence-corrected chi connectivity index (χ2v) is 7.86. The van der Waals surface area contributed by atoms with Gasteiger partial charge in [-0.05, 0) is 50.1 Å². The summed E-state index contributed by atoms with van der Waals surface area (Å²) in [6.45, 7) is 1.86. The molecule has 2 unspecified atom stereocenters. The highest BCUT2D eigenvalue weighted by Crippen LogP contribution is 2.29. The van der Waals surface area contributed by atoms with E-state index in [2.05, 4.69) is 11.0 Å². The first-order valence-corrected chi connectivity index (χ1v) is 9.10. The number of aryl methyl sites for hydroxylation is 1. The Balaban J connectivity index is 2.12. The molecule has 1 aromatic rings. The fourth-order valence-corrected chi connectivity index (χ4v) is 4.45. The first-order valence-electron chi connectivity index (χ1n) is 6.33. The summed E-state index contributed by atoms with van der Waals surface area (Å²) in [5.74, 6) is 0. The van der Waals surface area contributed by atoms with Crippen LogP contribution in [0.1, 0.15) is 24.8 Å². The fourth-order valence-electron chi connectivity index (χ4n) is 2.33. The van der Waals surface area contributed by atoms with Crippen LogP contribution in [0.5, 0.6) is 0 Å². The van der Waals surface area contributed by atoms with Crippen LogP contribution in [0.2, 0.25) is 0 Å². The van der Waals surface area contributed by atoms with Crippen LogP contribution in [0.25, 0.3) is 0 Å². The lowest BCUT2D eigenvalue weighted by Crippen LogP contribution is -2.33. The molecule has 0 spiro atoms. The number of nitrogens with one attached hydrogen (secondary N) is 1. The highest BCUT2D eigenvalue weighted by atomic mass is 32.2. The van der Waals surface area contributed by atoms with Crippen LogP contribution in [0.4, 0.5) is 5.69 Å². The molecule has 2 rings (SSSR count). The van der Waals surface area contributed by atoms with E-state index in [0.717, 1.165) is 24.8 Å². The number of hydrogen-bond donors (Lipinski definition) is 2. The zero-order chi connectivity index (χ0) is 14.0. The Morgan fingerprint density at radius 3 is 2.68 bits per heavy atom. The molecule has 106 valence electrons. The summed E-state index contributed by atoms with van der Waals surface area (Å²) in [6, 6.07) is 4.92. The van der Waals surface area contributed by atoms with E-state index in [1.54, 1.807) is 12.1 Å². The van der Waals surface area contributed by atoms with E-state index in [4.69, 9.17) is 5.73 Å². The van der Waals surface area contributed by atoms with Crippen LogP contribution in [0.15, 0.2) is 23.1 Å². The average Bonchev–Trinajstić information content (AvgIpc) is 2.79. The molecule has 0 amide bonds. The lowest BCUT2D eigenvalue weighted by molar-refractivity contribution is 0.552. The van der Waals surface area contributed by atoms with Crippen LogP contribution >= 0.6 is 11.8 Å². The minimum Gasteiger partial charge on any atom is -0.398 e. The molecule has 0 radical (unpaired) electrons. The Bertz CT molecular complexity index is 558. The van der Waals surface area contributed by atoms with Crippen molar-refractivity contribution in [3.8, 4) is 0 Å². The Kier molecular flexibility index (Phi) is 4.43. The van der Waals surface area contributed by atoms with E-state index >= 15 is 0 Å². The van der Waals surface area contributed by atoms with E-state index in [-0.39, 0.29) is 10.9 Å². The Morgan fingerprint density at radius 1 is 1.37 bits per heavy atom. The summed E-state index contributed by atoms with van der Waals surface area (Å²) < 4.78 is 27.3. The minimum absolute atomic E-state index is 0.0463. The van der Waals surface area contributed by atoms with Crippen molar-refractivity contribution < 1.29 is 8.42 Å².